The number of benzene rings is 1. The van der Waals surface area contributed by atoms with Crippen LogP contribution in [0.1, 0.15) is 25.0 Å². The molecule has 0 amide bonds. The van der Waals surface area contributed by atoms with E-state index in [0.717, 1.165) is 34.1 Å². The second kappa shape index (κ2) is 2.97. The van der Waals surface area contributed by atoms with E-state index >= 15 is 0 Å². The first-order valence-electron chi connectivity index (χ1n) is 5.41. The molecule has 0 aliphatic carbocycles. The minimum atomic E-state index is -0.243. The van der Waals surface area contributed by atoms with Crippen LogP contribution in [0.5, 0.6) is 23.0 Å². The van der Waals surface area contributed by atoms with Crippen LogP contribution in [-0.4, -0.2) is 12.6 Å². The van der Waals surface area contributed by atoms with Gasteiger partial charge in [0, 0.05) is 25.0 Å². The Hall–Kier alpha value is -1.58. The summed E-state index contributed by atoms with van der Waals surface area (Å²) in [6.07, 6.45) is -0.486. The summed E-state index contributed by atoms with van der Waals surface area (Å²) < 4.78 is 22.5. The minimum absolute atomic E-state index is 0.243. The van der Waals surface area contributed by atoms with E-state index in [1.54, 1.807) is 0 Å². The third kappa shape index (κ3) is 1.10. The molecule has 0 atom stereocenters. The molecular formula is C12H14O4. The van der Waals surface area contributed by atoms with E-state index in [-0.39, 0.29) is 12.6 Å². The zero-order valence-electron chi connectivity index (χ0n) is 9.79. The Morgan fingerprint density at radius 3 is 1.12 bits per heavy atom. The number of rotatable bonds is 0. The number of ether oxygens (including phenoxy) is 4. The van der Waals surface area contributed by atoms with Gasteiger partial charge in [0.15, 0.2) is 23.0 Å². The third-order valence-electron chi connectivity index (χ3n) is 2.91. The summed E-state index contributed by atoms with van der Waals surface area (Å²) in [6.45, 7) is 7.66. The Morgan fingerprint density at radius 1 is 0.625 bits per heavy atom. The average molecular weight is 222 g/mol. The quantitative estimate of drug-likeness (QED) is 0.676. The van der Waals surface area contributed by atoms with Crippen LogP contribution in [0, 0.1) is 13.8 Å². The highest BCUT2D eigenvalue weighted by atomic mass is 16.7. The van der Waals surface area contributed by atoms with Crippen LogP contribution in [-0.2, 0) is 0 Å². The molecule has 4 nitrogen and oxygen atoms in total. The van der Waals surface area contributed by atoms with Gasteiger partial charge in [0.1, 0.15) is 0 Å². The molecule has 86 valence electrons. The van der Waals surface area contributed by atoms with E-state index in [1.807, 2.05) is 27.7 Å². The van der Waals surface area contributed by atoms with Gasteiger partial charge < -0.3 is 18.9 Å². The van der Waals surface area contributed by atoms with Crippen molar-refractivity contribution >= 4 is 0 Å². The molecule has 2 heterocycles. The molecule has 4 heteroatoms. The number of hydrogen-bond acceptors (Lipinski definition) is 4. The van der Waals surface area contributed by atoms with E-state index in [9.17, 15) is 0 Å². The van der Waals surface area contributed by atoms with Gasteiger partial charge in [-0.05, 0) is 13.8 Å². The predicted octanol–water partition coefficient (Wildman–Crippen LogP) is 2.54. The summed E-state index contributed by atoms with van der Waals surface area (Å²) >= 11 is 0. The first-order chi connectivity index (χ1) is 7.58. The fourth-order valence-corrected chi connectivity index (χ4v) is 2.17. The predicted molar refractivity (Wildman–Crippen MR) is 57.4 cm³/mol. The molecule has 0 saturated carbocycles. The van der Waals surface area contributed by atoms with E-state index in [1.165, 1.54) is 0 Å². The Bertz CT molecular complexity index is 387. The lowest BCUT2D eigenvalue weighted by Crippen LogP contribution is -2.13. The second-order valence-electron chi connectivity index (χ2n) is 4.17. The van der Waals surface area contributed by atoms with Crippen molar-refractivity contribution in [2.45, 2.75) is 40.3 Å². The molecule has 0 unspecified atom stereocenters. The molecule has 0 radical (unpaired) electrons. The maximum atomic E-state index is 5.62. The number of hydrogen-bond donors (Lipinski definition) is 0. The summed E-state index contributed by atoms with van der Waals surface area (Å²) in [5.41, 5.74) is 1.90. The van der Waals surface area contributed by atoms with Crippen LogP contribution in [0.3, 0.4) is 0 Å². The highest BCUT2D eigenvalue weighted by Gasteiger charge is 2.34. The van der Waals surface area contributed by atoms with Crippen LogP contribution in [0.2, 0.25) is 0 Å². The third-order valence-corrected chi connectivity index (χ3v) is 2.91. The SMILES string of the molecule is Cc1c2c(c(C)c3c1OC(C)O3)OC(C)O2. The molecule has 0 fully saturated rings. The lowest BCUT2D eigenvalue weighted by molar-refractivity contribution is 0.0601. The monoisotopic (exact) mass is 222 g/mol. The summed E-state index contributed by atoms with van der Waals surface area (Å²) in [5, 5.41) is 0. The zero-order valence-corrected chi connectivity index (χ0v) is 9.79. The smallest absolute Gasteiger partial charge is 0.238 e. The fraction of sp³-hybridized carbons (Fsp3) is 0.500. The van der Waals surface area contributed by atoms with Crippen molar-refractivity contribution in [2.24, 2.45) is 0 Å². The molecule has 2 aliphatic rings. The van der Waals surface area contributed by atoms with Gasteiger partial charge in [-0.3, -0.25) is 0 Å². The normalized spacial score (nSPS) is 18.2. The summed E-state index contributed by atoms with van der Waals surface area (Å²) in [4.78, 5) is 0. The number of fused-ring (bicyclic) bond motifs is 2. The lowest BCUT2D eigenvalue weighted by Gasteiger charge is -2.08. The van der Waals surface area contributed by atoms with Gasteiger partial charge in [-0.2, -0.15) is 0 Å². The van der Waals surface area contributed by atoms with Crippen molar-refractivity contribution in [3.63, 3.8) is 0 Å². The van der Waals surface area contributed by atoms with Crippen LogP contribution in [0.15, 0.2) is 0 Å². The van der Waals surface area contributed by atoms with E-state index in [4.69, 9.17) is 18.9 Å². The molecule has 0 bridgehead atoms. The minimum Gasteiger partial charge on any atom is -0.451 e. The van der Waals surface area contributed by atoms with Crippen molar-refractivity contribution in [2.75, 3.05) is 0 Å². The molecule has 0 aromatic heterocycles. The Morgan fingerprint density at radius 2 is 0.875 bits per heavy atom. The Kier molecular flexibility index (Phi) is 1.79. The molecule has 0 spiro atoms. The molecule has 1 aromatic carbocycles. The summed E-state index contributed by atoms with van der Waals surface area (Å²) in [7, 11) is 0. The first-order valence-corrected chi connectivity index (χ1v) is 5.41. The zero-order chi connectivity index (χ0) is 11.4. The largest absolute Gasteiger partial charge is 0.451 e. The highest BCUT2D eigenvalue weighted by Crippen LogP contribution is 2.53. The van der Waals surface area contributed by atoms with Gasteiger partial charge in [-0.25, -0.2) is 0 Å². The van der Waals surface area contributed by atoms with Crippen molar-refractivity contribution in [1.82, 2.24) is 0 Å². The maximum Gasteiger partial charge on any atom is 0.238 e. The van der Waals surface area contributed by atoms with Crippen molar-refractivity contribution in [1.29, 1.82) is 0 Å². The Balaban J connectivity index is 2.22. The van der Waals surface area contributed by atoms with Gasteiger partial charge in [0.25, 0.3) is 0 Å². The molecule has 0 saturated heterocycles. The van der Waals surface area contributed by atoms with Gasteiger partial charge in [-0.15, -0.1) is 0 Å². The summed E-state index contributed by atoms with van der Waals surface area (Å²) in [6, 6.07) is 0. The standard InChI is InChI=1S/C12H14O4/c1-5-9-11(15-7(3)13-9)6(2)12-10(5)14-8(4)16-12/h7-8H,1-4H3. The molecular weight excluding hydrogens is 208 g/mol. The molecule has 16 heavy (non-hydrogen) atoms. The van der Waals surface area contributed by atoms with Crippen LogP contribution in [0.4, 0.5) is 0 Å². The molecule has 2 aliphatic heterocycles. The molecule has 1 aromatic rings. The molecule has 3 rings (SSSR count). The maximum absolute atomic E-state index is 5.62. The summed E-state index contributed by atoms with van der Waals surface area (Å²) in [5.74, 6) is 3.12. The van der Waals surface area contributed by atoms with Gasteiger partial charge >= 0.3 is 0 Å². The first kappa shape index (κ1) is 9.63. The van der Waals surface area contributed by atoms with Crippen LogP contribution in [0.25, 0.3) is 0 Å². The molecule has 0 N–H and O–H groups in total. The van der Waals surface area contributed by atoms with Gasteiger partial charge in [-0.1, -0.05) is 0 Å². The lowest BCUT2D eigenvalue weighted by atomic mass is 10.1. The van der Waals surface area contributed by atoms with Crippen LogP contribution < -0.4 is 18.9 Å². The van der Waals surface area contributed by atoms with Gasteiger partial charge in [0.2, 0.25) is 12.6 Å². The van der Waals surface area contributed by atoms with E-state index < -0.39 is 0 Å². The van der Waals surface area contributed by atoms with Crippen molar-refractivity contribution < 1.29 is 18.9 Å². The van der Waals surface area contributed by atoms with Gasteiger partial charge in [0.05, 0.1) is 0 Å². The fourth-order valence-electron chi connectivity index (χ4n) is 2.17. The topological polar surface area (TPSA) is 36.9 Å². The Labute approximate surface area is 94.1 Å². The average Bonchev–Trinajstić information content (AvgIpc) is 2.78. The highest BCUT2D eigenvalue weighted by molar-refractivity contribution is 5.67. The van der Waals surface area contributed by atoms with Crippen LogP contribution >= 0.6 is 0 Å². The van der Waals surface area contributed by atoms with E-state index in [2.05, 4.69) is 0 Å². The van der Waals surface area contributed by atoms with Crippen molar-refractivity contribution in [3.8, 4) is 23.0 Å². The van der Waals surface area contributed by atoms with Crippen molar-refractivity contribution in [3.05, 3.63) is 11.1 Å². The second-order valence-corrected chi connectivity index (χ2v) is 4.17. The van der Waals surface area contributed by atoms with E-state index in [0.29, 0.717) is 0 Å².